The third-order valence-corrected chi connectivity index (χ3v) is 31.3. The van der Waals surface area contributed by atoms with Gasteiger partial charge in [0, 0.05) is 41.3 Å². The van der Waals surface area contributed by atoms with Crippen molar-refractivity contribution in [1.82, 2.24) is 10.2 Å². The first-order valence-corrected chi connectivity index (χ1v) is 36.0. The van der Waals surface area contributed by atoms with Crippen LogP contribution in [-0.4, -0.2) is 106 Å². The van der Waals surface area contributed by atoms with Crippen molar-refractivity contribution in [3.05, 3.63) is 95.6 Å². The van der Waals surface area contributed by atoms with Crippen LogP contribution >= 0.6 is 0 Å². The minimum Gasteiger partial charge on any atom is -0.469 e. The maximum Gasteiger partial charge on any atom is 0.339 e. The van der Waals surface area contributed by atoms with Crippen LogP contribution in [0.15, 0.2) is 83.2 Å². The number of Topliss-reactive ketones (excluding diaryl/α,β-unsaturated/α-hetero) is 1. The smallest absolute Gasteiger partial charge is 0.339 e. The van der Waals surface area contributed by atoms with Gasteiger partial charge in [0.25, 0.3) is 0 Å². The van der Waals surface area contributed by atoms with Crippen LogP contribution in [0.5, 0.6) is 0 Å². The number of carbonyl (C=O) groups is 3. The Morgan fingerprint density at radius 1 is 0.843 bits per heavy atom. The van der Waals surface area contributed by atoms with E-state index in [1.54, 1.807) is 6.26 Å². The molecule has 10 aliphatic carbocycles. The molecule has 13 nitrogen and oxygen atoms in total. The Hall–Kier alpha value is -4.11. The number of aliphatic hydroxyl groups excluding tert-OH is 3. The number of ketones is 1. The molecule has 8 heterocycles. The Kier molecular flexibility index (Phi) is 12.1. The summed E-state index contributed by atoms with van der Waals surface area (Å²) in [6, 6.07) is 13.2. The van der Waals surface area contributed by atoms with Gasteiger partial charge in [-0.3, -0.25) is 14.9 Å². The van der Waals surface area contributed by atoms with Crippen molar-refractivity contribution < 1.29 is 53.1 Å². The molecule has 4 N–H and O–H groups in total. The summed E-state index contributed by atoms with van der Waals surface area (Å²) in [5.41, 5.74) is -4.15. The lowest BCUT2D eigenvalue weighted by molar-refractivity contribution is -0.300. The molecule has 0 amide bonds. The summed E-state index contributed by atoms with van der Waals surface area (Å²) < 4.78 is 37.3. The quantitative estimate of drug-likeness (QED) is 0.100. The Morgan fingerprint density at radius 3 is 2.53 bits per heavy atom. The van der Waals surface area contributed by atoms with Crippen LogP contribution in [0.4, 0.5) is 0 Å². The highest BCUT2D eigenvalue weighted by molar-refractivity contribution is 5.94. The fraction of sp³-hybridized carbons (Fsp3) is 0.750. The average Bonchev–Trinajstić information content (AvgIpc) is 1.44. The highest BCUT2D eigenvalue weighted by Gasteiger charge is 2.99. The number of benzene rings is 1. The number of rotatable bonds is 10. The zero-order chi connectivity index (χ0) is 60.1. The molecule has 9 saturated carbocycles. The zero-order valence-corrected chi connectivity index (χ0v) is 52.8. The van der Waals surface area contributed by atoms with Gasteiger partial charge in [-0.2, -0.15) is 0 Å². The summed E-state index contributed by atoms with van der Waals surface area (Å²) in [4.78, 5) is 52.1. The van der Waals surface area contributed by atoms with E-state index in [4.69, 9.17) is 23.4 Å². The fourth-order valence-electron chi connectivity index (χ4n) is 28.8. The third kappa shape index (κ3) is 6.84. The molecule has 14 fully saturated rings. The molecule has 17 aliphatic rings. The molecule has 5 spiro atoms. The lowest BCUT2D eigenvalue weighted by Crippen LogP contribution is -2.82. The summed E-state index contributed by atoms with van der Waals surface area (Å²) in [6.07, 6.45) is 29.6. The largest absolute Gasteiger partial charge is 0.469 e. The van der Waals surface area contributed by atoms with Gasteiger partial charge in [-0.15, -0.1) is 0 Å². The van der Waals surface area contributed by atoms with E-state index in [9.17, 15) is 15.3 Å². The number of hydrogen-bond acceptors (Lipinski definition) is 13. The number of epoxide rings is 1. The van der Waals surface area contributed by atoms with Crippen molar-refractivity contribution in [2.24, 2.45) is 122 Å². The summed E-state index contributed by atoms with van der Waals surface area (Å²) in [5.74, 6) is 0.128. The predicted molar refractivity (Wildman–Crippen MR) is 328 cm³/mol. The summed E-state index contributed by atoms with van der Waals surface area (Å²) in [7, 11) is 0. The van der Waals surface area contributed by atoms with Crippen LogP contribution < -0.4 is 5.32 Å². The van der Waals surface area contributed by atoms with Crippen molar-refractivity contribution in [2.45, 2.75) is 203 Å². The second-order valence-corrected chi connectivity index (χ2v) is 34.2. The van der Waals surface area contributed by atoms with E-state index < -0.39 is 86.6 Å². The number of aliphatic hydroxyl groups is 3. The second kappa shape index (κ2) is 19.1. The summed E-state index contributed by atoms with van der Waals surface area (Å²) in [6.45, 7) is 8.52. The Bertz CT molecular complexity index is 3370. The van der Waals surface area contributed by atoms with Gasteiger partial charge in [0.15, 0.2) is 11.9 Å². The Morgan fingerprint density at radius 2 is 1.69 bits per heavy atom. The predicted octanol–water partition coefficient (Wildman–Crippen LogP) is 10.8. The van der Waals surface area contributed by atoms with Crippen LogP contribution in [0.3, 0.4) is 0 Å². The molecular formula is C76H96N2O11. The molecular weight excluding hydrogens is 1120 g/mol. The fourth-order valence-corrected chi connectivity index (χ4v) is 28.8. The van der Waals surface area contributed by atoms with Gasteiger partial charge in [-0.05, 0) is 214 Å². The molecule has 5 bridgehead atoms. The number of fused-ring (bicyclic) bond motifs is 6. The number of carbonyl (C=O) groups excluding carboxylic acids is 3. The van der Waals surface area contributed by atoms with E-state index in [0.29, 0.717) is 54.2 Å². The standard InChI is InChI=1S/C76H96N2O11/c1-41-51-16-10-14-44(51)17-19-52(41)56-31-49-30-50-35-71(23-7-8-24-71)38-72(50)34-47-33-69(2)65(54-22-26-85-59(54)32-55(58(80)37-79)45-18-20-53-46(29-45)21-25-78-40-77-36-57(53)78)87-68(84)66-76(69,88-66)74(48-15-9-13-43(28-48)27-42-11-5-4-6-12-42)61(47)73-39-86-67(83)63(72)75(49,73)89-70(56,3)62(73)60(81)64(74)82/h4-6,11-12,17,19,21-22,25-26,31,41,43-48,50-53,55-58,61-66,77,79-80,82H,7-10,13-16,18,20,23-24,27-30,32-40H2,1-3H3/t41-,43+,44+,45-,46-,47-,48+,50-,51+,52-,53+,55+,56+,57+,58-,61-,62-,63+,64-,65+,66-,69+,70+,72-,73-,74+,75+,76-/m1/s1. The van der Waals surface area contributed by atoms with Gasteiger partial charge in [0.1, 0.15) is 35.8 Å². The average molecular weight is 1210 g/mol. The molecule has 7 aliphatic heterocycles. The number of nitrogens with one attached hydrogen (secondary N) is 1. The maximum atomic E-state index is 17.7. The monoisotopic (exact) mass is 1210 g/mol. The molecule has 13 heteroatoms. The summed E-state index contributed by atoms with van der Waals surface area (Å²) >= 11 is 0. The normalized spacial score (nSPS) is 52.5. The van der Waals surface area contributed by atoms with Crippen LogP contribution in [-0.2, 0) is 46.2 Å². The SMILES string of the molecule is C[C@H]1[C@H]([C@@H]2C=C3C[C@@H]4CC5(CCCC5)C[C@]45C[C@H]4C[C@@]6(C)[C@H](c7ccoc7C[C@@H]([C@@H]7CC[C@H]8[C@H](C=CN9CNC[C@@H]89)C7)[C@H](O)CO)OC(=O)[C@H]7O[C@]76[C@]6([C@H]7CCC[C@@H](Cc8ccccc8)C7)[C@H](O)C(=O)[C@@H]7[C@@]2(C)O[C@]32[C@H]5C(=O)OC[C@@]72[C@@H]46)C=C[C@@H]2CCC[C@@H]12. The lowest BCUT2D eigenvalue weighted by atomic mass is 9.29. The minimum atomic E-state index is -1.52. The molecule has 476 valence electrons. The number of cyclic esters (lactones) is 2. The van der Waals surface area contributed by atoms with Gasteiger partial charge in [0.2, 0.25) is 0 Å². The number of ether oxygens (including phenoxy) is 4. The number of nitrogens with zero attached hydrogens (tertiary/aromatic N) is 1. The second-order valence-electron chi connectivity index (χ2n) is 34.2. The molecule has 1 aromatic carbocycles. The molecule has 5 saturated heterocycles. The molecule has 1 aromatic heterocycles. The molecule has 28 atom stereocenters. The van der Waals surface area contributed by atoms with E-state index in [-0.39, 0.29) is 77.7 Å². The van der Waals surface area contributed by atoms with E-state index in [0.717, 1.165) is 109 Å². The van der Waals surface area contributed by atoms with Crippen LogP contribution in [0.1, 0.15) is 166 Å². The number of esters is 2. The van der Waals surface area contributed by atoms with Gasteiger partial charge < -0.3 is 43.6 Å². The van der Waals surface area contributed by atoms with E-state index in [1.807, 2.05) is 6.07 Å². The third-order valence-electron chi connectivity index (χ3n) is 31.3. The lowest BCUT2D eigenvalue weighted by Gasteiger charge is -2.72. The van der Waals surface area contributed by atoms with Crippen molar-refractivity contribution in [1.29, 1.82) is 0 Å². The topological polar surface area (TPSA) is 181 Å². The maximum absolute atomic E-state index is 17.7. The zero-order valence-electron chi connectivity index (χ0n) is 52.8. The Labute approximate surface area is 525 Å². The highest BCUT2D eigenvalue weighted by atomic mass is 16.7. The number of hydrogen-bond donors (Lipinski definition) is 4. The van der Waals surface area contributed by atoms with E-state index in [2.05, 4.69) is 91.8 Å². The van der Waals surface area contributed by atoms with Crippen molar-refractivity contribution in [2.75, 3.05) is 26.4 Å². The highest BCUT2D eigenvalue weighted by Crippen LogP contribution is 2.91. The first-order chi connectivity index (χ1) is 43.1. The van der Waals surface area contributed by atoms with E-state index >= 15 is 14.4 Å². The summed E-state index contributed by atoms with van der Waals surface area (Å²) in [5, 5.41) is 41.5. The number of furan rings is 1. The van der Waals surface area contributed by atoms with Gasteiger partial charge in [0.05, 0.1) is 48.5 Å². The minimum absolute atomic E-state index is 0.0426. The first-order valence-electron chi connectivity index (χ1n) is 36.0. The Balaban J connectivity index is 0.807. The van der Waals surface area contributed by atoms with Gasteiger partial charge in [-0.1, -0.05) is 101 Å². The number of allylic oxidation sites excluding steroid dienone is 3. The van der Waals surface area contributed by atoms with Crippen molar-refractivity contribution >= 4 is 17.7 Å². The molecule has 0 radical (unpaired) electrons. The van der Waals surface area contributed by atoms with Gasteiger partial charge in [-0.25, -0.2) is 4.79 Å². The first kappa shape index (κ1) is 56.4. The van der Waals surface area contributed by atoms with Gasteiger partial charge >= 0.3 is 11.9 Å². The molecule has 89 heavy (non-hydrogen) atoms. The van der Waals surface area contributed by atoms with Crippen LogP contribution in [0.2, 0.25) is 0 Å². The molecule has 19 rings (SSSR count). The van der Waals surface area contributed by atoms with Crippen LogP contribution in [0, 0.1) is 122 Å². The van der Waals surface area contributed by atoms with Crippen LogP contribution in [0.25, 0.3) is 0 Å². The van der Waals surface area contributed by atoms with E-state index in [1.165, 1.54) is 43.2 Å². The molecule has 0 unspecified atom stereocenters. The molecule has 2 aromatic rings. The van der Waals surface area contributed by atoms with Crippen molar-refractivity contribution in [3.63, 3.8) is 0 Å². The van der Waals surface area contributed by atoms with Crippen molar-refractivity contribution in [3.8, 4) is 0 Å².